The molecule has 3 aromatic rings. The highest BCUT2D eigenvalue weighted by atomic mass is 16.1. The highest BCUT2D eigenvalue weighted by Gasteiger charge is 2.20. The lowest BCUT2D eigenvalue weighted by Gasteiger charge is -2.27. The lowest BCUT2D eigenvalue weighted by molar-refractivity contribution is 0.102. The van der Waals surface area contributed by atoms with Crippen molar-refractivity contribution in [3.63, 3.8) is 0 Å². The normalized spacial score (nSPS) is 16.1. The Morgan fingerprint density at radius 1 is 1.21 bits per heavy atom. The number of amides is 1. The van der Waals surface area contributed by atoms with Crippen LogP contribution in [0.2, 0.25) is 0 Å². The maximum Gasteiger partial charge on any atom is 0.255 e. The van der Waals surface area contributed by atoms with Crippen LogP contribution < -0.4 is 10.2 Å². The second kappa shape index (κ2) is 7.94. The summed E-state index contributed by atoms with van der Waals surface area (Å²) in [5, 5.41) is 4.25. The Morgan fingerprint density at radius 2 is 1.97 bits per heavy atom. The zero-order valence-electron chi connectivity index (χ0n) is 17.9. The summed E-state index contributed by atoms with van der Waals surface area (Å²) in [4.78, 5) is 18.7. The van der Waals surface area contributed by atoms with E-state index in [1.165, 1.54) is 28.8 Å². The molecule has 29 heavy (non-hydrogen) atoms. The molecule has 1 atom stereocenters. The van der Waals surface area contributed by atoms with Gasteiger partial charge in [-0.05, 0) is 94.0 Å². The van der Waals surface area contributed by atoms with Crippen molar-refractivity contribution in [3.8, 4) is 0 Å². The number of carbonyl (C=O) groups is 1. The Labute approximate surface area is 173 Å². The maximum absolute atomic E-state index is 12.9. The van der Waals surface area contributed by atoms with Crippen LogP contribution in [0.25, 0.3) is 10.9 Å². The highest BCUT2D eigenvalue weighted by molar-refractivity contribution is 6.06. The molecule has 0 bridgehead atoms. The van der Waals surface area contributed by atoms with Crippen LogP contribution in [0.15, 0.2) is 42.5 Å². The van der Waals surface area contributed by atoms with E-state index in [0.717, 1.165) is 30.6 Å². The Balaban J connectivity index is 1.54. The van der Waals surface area contributed by atoms with Gasteiger partial charge in [0.05, 0.1) is 0 Å². The molecule has 0 unspecified atom stereocenters. The van der Waals surface area contributed by atoms with Gasteiger partial charge in [0.1, 0.15) is 0 Å². The maximum atomic E-state index is 12.9. The number of nitrogens with one attached hydrogen (secondary N) is 2. The van der Waals surface area contributed by atoms with Crippen molar-refractivity contribution in [1.82, 2.24) is 4.98 Å². The largest absolute Gasteiger partial charge is 0.369 e. The Morgan fingerprint density at radius 3 is 2.66 bits per heavy atom. The number of fused-ring (bicyclic) bond motifs is 3. The Kier molecular flexibility index (Phi) is 5.35. The van der Waals surface area contributed by atoms with Crippen molar-refractivity contribution < 1.29 is 4.79 Å². The Bertz CT molecular complexity index is 1020. The summed E-state index contributed by atoms with van der Waals surface area (Å²) in [5.41, 5.74) is 6.58. The molecule has 0 saturated heterocycles. The first-order valence-electron chi connectivity index (χ1n) is 10.8. The number of rotatable bonds is 5. The molecular formula is C25H31N3O. The van der Waals surface area contributed by atoms with Gasteiger partial charge in [-0.1, -0.05) is 6.92 Å². The van der Waals surface area contributed by atoms with E-state index in [2.05, 4.69) is 55.0 Å². The topological polar surface area (TPSA) is 48.1 Å². The summed E-state index contributed by atoms with van der Waals surface area (Å²) in [5.74, 6) is 0.640. The summed E-state index contributed by atoms with van der Waals surface area (Å²) in [7, 11) is 0. The van der Waals surface area contributed by atoms with E-state index < -0.39 is 0 Å². The zero-order valence-corrected chi connectivity index (χ0v) is 17.9. The lowest BCUT2D eigenvalue weighted by Crippen LogP contribution is -2.30. The van der Waals surface area contributed by atoms with Gasteiger partial charge in [-0.2, -0.15) is 0 Å². The smallest absolute Gasteiger partial charge is 0.255 e. The molecule has 1 heterocycles. The van der Waals surface area contributed by atoms with Gasteiger partial charge in [-0.3, -0.25) is 4.79 Å². The number of aromatic nitrogens is 1. The number of nitrogens with zero attached hydrogens (tertiary/aromatic N) is 1. The Hall–Kier alpha value is -2.75. The van der Waals surface area contributed by atoms with Crippen LogP contribution in [0.3, 0.4) is 0 Å². The van der Waals surface area contributed by atoms with Crippen LogP contribution in [-0.2, 0) is 12.8 Å². The van der Waals surface area contributed by atoms with Crippen LogP contribution in [0.5, 0.6) is 0 Å². The lowest BCUT2D eigenvalue weighted by atomic mass is 9.87. The van der Waals surface area contributed by atoms with Crippen molar-refractivity contribution in [2.45, 2.75) is 53.0 Å². The molecule has 152 valence electrons. The van der Waals surface area contributed by atoms with Gasteiger partial charge < -0.3 is 15.2 Å². The number of anilines is 2. The van der Waals surface area contributed by atoms with Crippen LogP contribution in [0.4, 0.5) is 11.4 Å². The molecule has 4 heteroatoms. The first-order chi connectivity index (χ1) is 14.0. The monoisotopic (exact) mass is 389 g/mol. The van der Waals surface area contributed by atoms with Crippen molar-refractivity contribution >= 4 is 28.2 Å². The average molecular weight is 390 g/mol. The number of H-pyrrole nitrogens is 1. The molecule has 4 nitrogen and oxygen atoms in total. The van der Waals surface area contributed by atoms with E-state index in [1.54, 1.807) is 0 Å². The molecular weight excluding hydrogens is 358 g/mol. The minimum absolute atomic E-state index is 0.0605. The fourth-order valence-electron chi connectivity index (χ4n) is 4.52. The van der Waals surface area contributed by atoms with Gasteiger partial charge in [-0.25, -0.2) is 0 Å². The third-order valence-electron chi connectivity index (χ3n) is 6.12. The summed E-state index contributed by atoms with van der Waals surface area (Å²) in [6, 6.07) is 14.6. The molecule has 2 aromatic carbocycles. The standard InChI is InChI=1S/C25H31N3O/c1-5-28(16(2)3)20-10-8-19(9-11-20)26-25(29)18-7-13-24-22(15-18)21-14-17(4)6-12-23(21)27-24/h7-11,13,15-17,27H,5-6,12,14H2,1-4H3,(H,26,29)/t17-/m0/s1. The second-order valence-corrected chi connectivity index (χ2v) is 8.57. The van der Waals surface area contributed by atoms with E-state index >= 15 is 0 Å². The van der Waals surface area contributed by atoms with Crippen LogP contribution >= 0.6 is 0 Å². The fourth-order valence-corrected chi connectivity index (χ4v) is 4.52. The van der Waals surface area contributed by atoms with E-state index in [4.69, 9.17) is 0 Å². The molecule has 0 aliphatic heterocycles. The number of benzene rings is 2. The third kappa shape index (κ3) is 3.89. The van der Waals surface area contributed by atoms with Crippen LogP contribution in [0, 0.1) is 5.92 Å². The molecule has 0 saturated carbocycles. The minimum atomic E-state index is -0.0605. The molecule has 0 fully saturated rings. The molecule has 1 aliphatic rings. The van der Waals surface area contributed by atoms with Crippen molar-refractivity contribution in [2.24, 2.45) is 5.92 Å². The van der Waals surface area contributed by atoms with Gasteiger partial charge in [-0.15, -0.1) is 0 Å². The number of aryl methyl sites for hydroxylation is 1. The van der Waals surface area contributed by atoms with Gasteiger partial charge >= 0.3 is 0 Å². The molecule has 1 aliphatic carbocycles. The summed E-state index contributed by atoms with van der Waals surface area (Å²) in [6.45, 7) is 9.81. The average Bonchev–Trinajstić information content (AvgIpc) is 3.06. The van der Waals surface area contributed by atoms with E-state index in [-0.39, 0.29) is 5.91 Å². The first-order valence-corrected chi connectivity index (χ1v) is 10.8. The van der Waals surface area contributed by atoms with E-state index in [0.29, 0.717) is 17.5 Å². The van der Waals surface area contributed by atoms with Crippen molar-refractivity contribution in [1.29, 1.82) is 0 Å². The number of aromatic amines is 1. The first kappa shape index (κ1) is 19.6. The highest BCUT2D eigenvalue weighted by Crippen LogP contribution is 2.32. The molecule has 0 radical (unpaired) electrons. The van der Waals surface area contributed by atoms with E-state index in [1.807, 2.05) is 30.3 Å². The third-order valence-corrected chi connectivity index (χ3v) is 6.12. The molecule has 1 amide bonds. The van der Waals surface area contributed by atoms with Crippen molar-refractivity contribution in [2.75, 3.05) is 16.8 Å². The van der Waals surface area contributed by atoms with E-state index in [9.17, 15) is 4.79 Å². The van der Waals surface area contributed by atoms with Gasteiger partial charge in [0.2, 0.25) is 0 Å². The van der Waals surface area contributed by atoms with Gasteiger partial charge in [0, 0.05) is 46.1 Å². The number of hydrogen-bond acceptors (Lipinski definition) is 2. The predicted molar refractivity (Wildman–Crippen MR) is 122 cm³/mol. The minimum Gasteiger partial charge on any atom is -0.369 e. The molecule has 0 spiro atoms. The SMILES string of the molecule is CCN(c1ccc(NC(=O)c2ccc3[nH]c4c(c3c2)C[C@@H](C)CC4)cc1)C(C)C. The number of hydrogen-bond donors (Lipinski definition) is 2. The van der Waals surface area contributed by atoms with Crippen molar-refractivity contribution in [3.05, 3.63) is 59.3 Å². The van der Waals surface area contributed by atoms with Crippen LogP contribution in [-0.4, -0.2) is 23.5 Å². The predicted octanol–water partition coefficient (Wildman–Crippen LogP) is 5.78. The van der Waals surface area contributed by atoms with Gasteiger partial charge in [0.15, 0.2) is 0 Å². The quantitative estimate of drug-likeness (QED) is 0.581. The second-order valence-electron chi connectivity index (χ2n) is 8.57. The number of carbonyl (C=O) groups excluding carboxylic acids is 1. The molecule has 2 N–H and O–H groups in total. The summed E-state index contributed by atoms with van der Waals surface area (Å²) >= 11 is 0. The van der Waals surface area contributed by atoms with Gasteiger partial charge in [0.25, 0.3) is 5.91 Å². The summed E-state index contributed by atoms with van der Waals surface area (Å²) in [6.07, 6.45) is 3.42. The zero-order chi connectivity index (χ0) is 20.5. The molecule has 1 aromatic heterocycles. The molecule has 4 rings (SSSR count). The summed E-state index contributed by atoms with van der Waals surface area (Å²) < 4.78 is 0. The fraction of sp³-hybridized carbons (Fsp3) is 0.400. The van der Waals surface area contributed by atoms with Crippen LogP contribution in [0.1, 0.15) is 55.7 Å².